The van der Waals surface area contributed by atoms with Crippen LogP contribution in [-0.2, 0) is 6.42 Å². The molecule has 0 amide bonds. The monoisotopic (exact) mass is 223 g/mol. The van der Waals surface area contributed by atoms with Crippen LogP contribution in [0.3, 0.4) is 0 Å². The third kappa shape index (κ3) is 3.04. The Kier molecular flexibility index (Phi) is 4.34. The zero-order chi connectivity index (χ0) is 11.2. The maximum absolute atomic E-state index is 5.46. The normalized spacial score (nSPS) is 18.6. The van der Waals surface area contributed by atoms with Gasteiger partial charge in [0.25, 0.3) is 0 Å². The average Bonchev–Trinajstić information content (AvgIpc) is 2.60. The highest BCUT2D eigenvalue weighted by Crippen LogP contribution is 2.30. The third-order valence-electron chi connectivity index (χ3n) is 3.29. The van der Waals surface area contributed by atoms with Gasteiger partial charge in [-0.05, 0) is 25.8 Å². The van der Waals surface area contributed by atoms with Crippen LogP contribution in [0, 0.1) is 0 Å². The first-order chi connectivity index (χ1) is 7.90. The molecule has 1 aliphatic carbocycles. The van der Waals surface area contributed by atoms with Crippen LogP contribution in [0.4, 0.5) is 0 Å². The van der Waals surface area contributed by atoms with Gasteiger partial charge in [-0.25, -0.2) is 0 Å². The first-order valence-electron chi connectivity index (χ1n) is 6.42. The van der Waals surface area contributed by atoms with Gasteiger partial charge in [0.1, 0.15) is 0 Å². The molecule has 0 bridgehead atoms. The molecule has 1 aromatic heterocycles. The van der Waals surface area contributed by atoms with E-state index < -0.39 is 0 Å². The smallest absolute Gasteiger partial charge is 0.229 e. The Hall–Kier alpha value is -0.900. The van der Waals surface area contributed by atoms with Crippen LogP contribution in [-0.4, -0.2) is 16.7 Å². The number of hydrogen-bond acceptors (Lipinski definition) is 4. The highest BCUT2D eigenvalue weighted by molar-refractivity contribution is 4.95. The predicted octanol–water partition coefficient (Wildman–Crippen LogP) is 2.40. The van der Waals surface area contributed by atoms with E-state index in [0.717, 1.165) is 24.6 Å². The largest absolute Gasteiger partial charge is 0.339 e. The van der Waals surface area contributed by atoms with Crippen molar-refractivity contribution in [3.05, 3.63) is 11.7 Å². The minimum absolute atomic E-state index is 0.502. The standard InChI is InChI=1S/C12H21N3O/c13-9-5-8-11-14-12(16-15-11)10-6-3-1-2-4-7-10/h10H,1-9,13H2. The van der Waals surface area contributed by atoms with Gasteiger partial charge in [0.15, 0.2) is 5.82 Å². The van der Waals surface area contributed by atoms with E-state index in [1.807, 2.05) is 0 Å². The van der Waals surface area contributed by atoms with Crippen molar-refractivity contribution in [3.8, 4) is 0 Å². The van der Waals surface area contributed by atoms with E-state index in [9.17, 15) is 0 Å². The molecule has 90 valence electrons. The number of aromatic nitrogens is 2. The molecule has 1 aromatic rings. The molecular formula is C12H21N3O. The van der Waals surface area contributed by atoms with Gasteiger partial charge in [0.05, 0.1) is 0 Å². The Morgan fingerprint density at radius 2 is 1.94 bits per heavy atom. The SMILES string of the molecule is NCCCc1noc(C2CCCCCC2)n1. The van der Waals surface area contributed by atoms with E-state index in [2.05, 4.69) is 10.1 Å². The summed E-state index contributed by atoms with van der Waals surface area (Å²) in [5.74, 6) is 2.18. The summed E-state index contributed by atoms with van der Waals surface area (Å²) in [6.07, 6.45) is 9.49. The summed E-state index contributed by atoms with van der Waals surface area (Å²) in [5.41, 5.74) is 5.46. The minimum atomic E-state index is 0.502. The van der Waals surface area contributed by atoms with Crippen LogP contribution in [0.1, 0.15) is 62.6 Å². The number of nitrogens with zero attached hydrogens (tertiary/aromatic N) is 2. The summed E-state index contributed by atoms with van der Waals surface area (Å²) in [5, 5.41) is 4.02. The van der Waals surface area contributed by atoms with Gasteiger partial charge >= 0.3 is 0 Å². The fourth-order valence-electron chi connectivity index (χ4n) is 2.32. The molecule has 16 heavy (non-hydrogen) atoms. The first-order valence-corrected chi connectivity index (χ1v) is 6.42. The van der Waals surface area contributed by atoms with Crippen molar-refractivity contribution in [2.24, 2.45) is 5.73 Å². The van der Waals surface area contributed by atoms with E-state index in [0.29, 0.717) is 12.5 Å². The van der Waals surface area contributed by atoms with Crippen molar-refractivity contribution >= 4 is 0 Å². The topological polar surface area (TPSA) is 64.9 Å². The van der Waals surface area contributed by atoms with Gasteiger partial charge in [-0.1, -0.05) is 30.8 Å². The maximum atomic E-state index is 5.46. The molecule has 2 N–H and O–H groups in total. The lowest BCUT2D eigenvalue weighted by Gasteiger charge is -2.06. The summed E-state index contributed by atoms with van der Waals surface area (Å²) in [7, 11) is 0. The number of aryl methyl sites for hydroxylation is 1. The van der Waals surface area contributed by atoms with Gasteiger partial charge in [0.2, 0.25) is 5.89 Å². The minimum Gasteiger partial charge on any atom is -0.339 e. The van der Waals surface area contributed by atoms with Crippen LogP contribution >= 0.6 is 0 Å². The highest BCUT2D eigenvalue weighted by Gasteiger charge is 2.20. The fraction of sp³-hybridized carbons (Fsp3) is 0.833. The molecule has 1 saturated carbocycles. The van der Waals surface area contributed by atoms with Crippen LogP contribution in [0.2, 0.25) is 0 Å². The second-order valence-corrected chi connectivity index (χ2v) is 4.63. The van der Waals surface area contributed by atoms with Crippen molar-refractivity contribution in [1.82, 2.24) is 10.1 Å². The Morgan fingerprint density at radius 1 is 1.19 bits per heavy atom. The predicted molar refractivity (Wildman–Crippen MR) is 62.1 cm³/mol. The zero-order valence-electron chi connectivity index (χ0n) is 9.82. The summed E-state index contributed by atoms with van der Waals surface area (Å²) >= 11 is 0. The van der Waals surface area contributed by atoms with Gasteiger partial charge < -0.3 is 10.3 Å². The van der Waals surface area contributed by atoms with Crippen LogP contribution in [0.15, 0.2) is 4.52 Å². The van der Waals surface area contributed by atoms with E-state index in [1.54, 1.807) is 0 Å². The molecule has 2 rings (SSSR count). The molecule has 0 atom stereocenters. The third-order valence-corrected chi connectivity index (χ3v) is 3.29. The first kappa shape index (κ1) is 11.6. The van der Waals surface area contributed by atoms with Crippen molar-refractivity contribution in [2.75, 3.05) is 6.54 Å². The molecular weight excluding hydrogens is 202 g/mol. The second kappa shape index (κ2) is 5.99. The quantitative estimate of drug-likeness (QED) is 0.796. The van der Waals surface area contributed by atoms with E-state index in [4.69, 9.17) is 10.3 Å². The van der Waals surface area contributed by atoms with E-state index in [1.165, 1.54) is 38.5 Å². The lowest BCUT2D eigenvalue weighted by atomic mass is 10.0. The lowest BCUT2D eigenvalue weighted by molar-refractivity contribution is 0.337. The van der Waals surface area contributed by atoms with Gasteiger partial charge in [-0.3, -0.25) is 0 Å². The molecule has 0 aromatic carbocycles. The van der Waals surface area contributed by atoms with Gasteiger partial charge in [-0.2, -0.15) is 4.98 Å². The number of hydrogen-bond donors (Lipinski definition) is 1. The Bertz CT molecular complexity index is 303. The summed E-state index contributed by atoms with van der Waals surface area (Å²) in [6, 6.07) is 0. The summed E-state index contributed by atoms with van der Waals surface area (Å²) in [6.45, 7) is 0.688. The molecule has 4 heteroatoms. The van der Waals surface area contributed by atoms with Crippen molar-refractivity contribution in [2.45, 2.75) is 57.3 Å². The van der Waals surface area contributed by atoms with Crippen molar-refractivity contribution in [1.29, 1.82) is 0 Å². The highest BCUT2D eigenvalue weighted by atomic mass is 16.5. The second-order valence-electron chi connectivity index (χ2n) is 4.63. The van der Waals surface area contributed by atoms with E-state index >= 15 is 0 Å². The molecule has 0 saturated heterocycles. The lowest BCUT2D eigenvalue weighted by Crippen LogP contribution is -2.02. The molecule has 0 aliphatic heterocycles. The van der Waals surface area contributed by atoms with E-state index in [-0.39, 0.29) is 0 Å². The zero-order valence-corrected chi connectivity index (χ0v) is 9.82. The molecule has 0 radical (unpaired) electrons. The molecule has 0 unspecified atom stereocenters. The average molecular weight is 223 g/mol. The Morgan fingerprint density at radius 3 is 2.62 bits per heavy atom. The fourth-order valence-corrected chi connectivity index (χ4v) is 2.32. The number of nitrogens with two attached hydrogens (primary N) is 1. The maximum Gasteiger partial charge on any atom is 0.229 e. The van der Waals surface area contributed by atoms with Crippen LogP contribution in [0.25, 0.3) is 0 Å². The summed E-state index contributed by atoms with van der Waals surface area (Å²) in [4.78, 5) is 4.48. The number of rotatable bonds is 4. The van der Waals surface area contributed by atoms with Crippen LogP contribution < -0.4 is 5.73 Å². The van der Waals surface area contributed by atoms with Crippen molar-refractivity contribution < 1.29 is 4.52 Å². The molecule has 1 aliphatic rings. The molecule has 1 heterocycles. The molecule has 4 nitrogen and oxygen atoms in total. The molecule has 0 spiro atoms. The summed E-state index contributed by atoms with van der Waals surface area (Å²) < 4.78 is 5.35. The Balaban J connectivity index is 1.94. The van der Waals surface area contributed by atoms with Crippen molar-refractivity contribution in [3.63, 3.8) is 0 Å². The van der Waals surface area contributed by atoms with Gasteiger partial charge in [0, 0.05) is 12.3 Å². The van der Waals surface area contributed by atoms with Crippen LogP contribution in [0.5, 0.6) is 0 Å². The molecule has 1 fully saturated rings. The Labute approximate surface area is 96.6 Å². The van der Waals surface area contributed by atoms with Gasteiger partial charge in [-0.15, -0.1) is 0 Å².